The molecule has 0 aromatic carbocycles. The van der Waals surface area contributed by atoms with E-state index in [1.54, 1.807) is 0 Å². The van der Waals surface area contributed by atoms with Crippen LogP contribution in [-0.4, -0.2) is 60.5 Å². The van der Waals surface area contributed by atoms with Gasteiger partial charge in [-0.15, -0.1) is 0 Å². The summed E-state index contributed by atoms with van der Waals surface area (Å²) >= 11 is 0. The second-order valence-electron chi connectivity index (χ2n) is 6.43. The van der Waals surface area contributed by atoms with Gasteiger partial charge in [-0.3, -0.25) is 9.69 Å². The van der Waals surface area contributed by atoms with Crippen LogP contribution in [0, 0.1) is 5.92 Å². The smallest absolute Gasteiger partial charge is 0.239 e. The number of carbonyl (C=O) groups excluding carboxylic acids is 1. The topological polar surface area (TPSA) is 35.6 Å². The van der Waals surface area contributed by atoms with E-state index in [1.165, 1.54) is 25.7 Å². The van der Waals surface area contributed by atoms with Gasteiger partial charge in [0.1, 0.15) is 0 Å². The quantitative estimate of drug-likeness (QED) is 0.833. The van der Waals surface area contributed by atoms with Gasteiger partial charge in [0.15, 0.2) is 0 Å². The molecule has 2 unspecified atom stereocenters. The highest BCUT2D eigenvalue weighted by molar-refractivity contribution is 5.81. The van der Waals surface area contributed by atoms with E-state index in [2.05, 4.69) is 35.9 Å². The highest BCUT2D eigenvalue weighted by Crippen LogP contribution is 2.23. The molecule has 0 saturated carbocycles. The lowest BCUT2D eigenvalue weighted by molar-refractivity contribution is -0.135. The summed E-state index contributed by atoms with van der Waals surface area (Å²) in [4.78, 5) is 16.9. The molecule has 2 rings (SSSR count). The van der Waals surface area contributed by atoms with E-state index >= 15 is 0 Å². The molecule has 1 amide bonds. The third kappa shape index (κ3) is 3.73. The van der Waals surface area contributed by atoms with Crippen molar-refractivity contribution in [3.8, 4) is 0 Å². The van der Waals surface area contributed by atoms with Crippen molar-refractivity contribution in [1.29, 1.82) is 0 Å². The van der Waals surface area contributed by atoms with Gasteiger partial charge in [0.25, 0.3) is 0 Å². The second-order valence-corrected chi connectivity index (χ2v) is 6.43. The minimum atomic E-state index is 0.0727. The van der Waals surface area contributed by atoms with Crippen LogP contribution >= 0.6 is 0 Å². The van der Waals surface area contributed by atoms with Crippen molar-refractivity contribution in [3.63, 3.8) is 0 Å². The minimum absolute atomic E-state index is 0.0727. The van der Waals surface area contributed by atoms with Gasteiger partial charge in [0.05, 0.1) is 6.04 Å². The van der Waals surface area contributed by atoms with Crippen molar-refractivity contribution in [2.45, 2.75) is 58.5 Å². The SMILES string of the molecule is CCNC(C)C1CCN(C(C)C(=O)N2CCCC2)CC1. The molecule has 0 aromatic heterocycles. The Morgan fingerprint density at radius 2 is 1.75 bits per heavy atom. The maximum atomic E-state index is 12.4. The molecule has 0 bridgehead atoms. The molecule has 4 heteroatoms. The zero-order valence-corrected chi connectivity index (χ0v) is 13.4. The van der Waals surface area contributed by atoms with Crippen LogP contribution in [0.3, 0.4) is 0 Å². The summed E-state index contributed by atoms with van der Waals surface area (Å²) in [5, 5.41) is 3.53. The largest absolute Gasteiger partial charge is 0.341 e. The maximum absolute atomic E-state index is 12.4. The number of rotatable bonds is 5. The average molecular weight is 281 g/mol. The number of likely N-dealkylation sites (tertiary alicyclic amines) is 2. The van der Waals surface area contributed by atoms with E-state index in [4.69, 9.17) is 0 Å². The molecule has 0 aliphatic carbocycles. The normalized spacial score (nSPS) is 24.9. The summed E-state index contributed by atoms with van der Waals surface area (Å²) in [6.45, 7) is 11.7. The molecule has 2 atom stereocenters. The lowest BCUT2D eigenvalue weighted by atomic mass is 9.89. The van der Waals surface area contributed by atoms with Crippen molar-refractivity contribution in [3.05, 3.63) is 0 Å². The van der Waals surface area contributed by atoms with E-state index in [1.807, 2.05) is 0 Å². The fraction of sp³-hybridized carbons (Fsp3) is 0.938. The number of nitrogens with zero attached hydrogens (tertiary/aromatic N) is 2. The maximum Gasteiger partial charge on any atom is 0.239 e. The number of amides is 1. The summed E-state index contributed by atoms with van der Waals surface area (Å²) < 4.78 is 0. The fourth-order valence-electron chi connectivity index (χ4n) is 3.65. The van der Waals surface area contributed by atoms with Crippen molar-refractivity contribution < 1.29 is 4.79 Å². The molecule has 2 heterocycles. The second kappa shape index (κ2) is 7.41. The van der Waals surface area contributed by atoms with Crippen LogP contribution < -0.4 is 5.32 Å². The van der Waals surface area contributed by atoms with Crippen LogP contribution in [0.1, 0.15) is 46.5 Å². The summed E-state index contributed by atoms with van der Waals surface area (Å²) in [7, 11) is 0. The molecule has 4 nitrogen and oxygen atoms in total. The van der Waals surface area contributed by atoms with E-state index in [0.29, 0.717) is 11.9 Å². The van der Waals surface area contributed by atoms with Crippen LogP contribution in [0.15, 0.2) is 0 Å². The van der Waals surface area contributed by atoms with Crippen molar-refractivity contribution in [2.24, 2.45) is 5.92 Å². The van der Waals surface area contributed by atoms with Crippen LogP contribution in [0.2, 0.25) is 0 Å². The number of hydrogen-bond donors (Lipinski definition) is 1. The standard InChI is InChI=1S/C16H31N3O/c1-4-17-13(2)15-7-11-18(12-8-15)14(3)16(20)19-9-5-6-10-19/h13-15,17H,4-12H2,1-3H3. The Morgan fingerprint density at radius 1 is 1.15 bits per heavy atom. The highest BCUT2D eigenvalue weighted by atomic mass is 16.2. The molecule has 0 aromatic rings. The highest BCUT2D eigenvalue weighted by Gasteiger charge is 2.31. The number of nitrogens with one attached hydrogen (secondary N) is 1. The van der Waals surface area contributed by atoms with Gasteiger partial charge in [-0.05, 0) is 65.1 Å². The summed E-state index contributed by atoms with van der Waals surface area (Å²) in [5.41, 5.74) is 0. The molecule has 2 aliphatic heterocycles. The molecule has 2 saturated heterocycles. The average Bonchev–Trinajstić information content (AvgIpc) is 3.00. The monoisotopic (exact) mass is 281 g/mol. The Kier molecular flexibility index (Phi) is 5.85. The Balaban J connectivity index is 1.79. The predicted octanol–water partition coefficient (Wildman–Crippen LogP) is 1.71. The molecule has 0 radical (unpaired) electrons. The molecule has 20 heavy (non-hydrogen) atoms. The molecule has 0 spiro atoms. The Hall–Kier alpha value is -0.610. The van der Waals surface area contributed by atoms with Crippen molar-refractivity contribution in [1.82, 2.24) is 15.1 Å². The van der Waals surface area contributed by atoms with Gasteiger partial charge in [0.2, 0.25) is 5.91 Å². The molecule has 116 valence electrons. The first-order valence-electron chi connectivity index (χ1n) is 8.39. The van der Waals surface area contributed by atoms with Gasteiger partial charge in [0, 0.05) is 19.1 Å². The Bertz CT molecular complexity index is 307. The molecular formula is C16H31N3O. The lowest BCUT2D eigenvalue weighted by Crippen LogP contribution is -2.50. The van der Waals surface area contributed by atoms with E-state index in [-0.39, 0.29) is 6.04 Å². The Morgan fingerprint density at radius 3 is 2.30 bits per heavy atom. The van der Waals surface area contributed by atoms with E-state index < -0.39 is 0 Å². The first-order valence-corrected chi connectivity index (χ1v) is 8.39. The third-order valence-electron chi connectivity index (χ3n) is 5.13. The van der Waals surface area contributed by atoms with E-state index in [0.717, 1.165) is 38.6 Å². The summed E-state index contributed by atoms with van der Waals surface area (Å²) in [6, 6.07) is 0.676. The van der Waals surface area contributed by atoms with Gasteiger partial charge in [-0.1, -0.05) is 6.92 Å². The predicted molar refractivity (Wildman–Crippen MR) is 82.7 cm³/mol. The van der Waals surface area contributed by atoms with Crippen LogP contribution in [0.5, 0.6) is 0 Å². The summed E-state index contributed by atoms with van der Waals surface area (Å²) in [6.07, 6.45) is 4.79. The lowest BCUT2D eigenvalue weighted by Gasteiger charge is -2.38. The Labute approximate surface area is 123 Å². The first kappa shape index (κ1) is 15.8. The van der Waals surface area contributed by atoms with Crippen molar-refractivity contribution in [2.75, 3.05) is 32.7 Å². The van der Waals surface area contributed by atoms with Gasteiger partial charge < -0.3 is 10.2 Å². The number of hydrogen-bond acceptors (Lipinski definition) is 3. The zero-order valence-electron chi connectivity index (χ0n) is 13.4. The first-order chi connectivity index (χ1) is 9.63. The minimum Gasteiger partial charge on any atom is -0.341 e. The van der Waals surface area contributed by atoms with Crippen LogP contribution in [0.4, 0.5) is 0 Å². The van der Waals surface area contributed by atoms with Crippen LogP contribution in [0.25, 0.3) is 0 Å². The summed E-state index contributed by atoms with van der Waals surface area (Å²) in [5.74, 6) is 1.11. The fourth-order valence-corrected chi connectivity index (χ4v) is 3.65. The van der Waals surface area contributed by atoms with E-state index in [9.17, 15) is 4.79 Å². The number of carbonyl (C=O) groups is 1. The van der Waals surface area contributed by atoms with Gasteiger partial charge in [-0.2, -0.15) is 0 Å². The molecule has 1 N–H and O–H groups in total. The van der Waals surface area contributed by atoms with Crippen LogP contribution in [-0.2, 0) is 4.79 Å². The zero-order chi connectivity index (χ0) is 14.5. The molecule has 2 aliphatic rings. The molecular weight excluding hydrogens is 250 g/mol. The van der Waals surface area contributed by atoms with Crippen molar-refractivity contribution >= 4 is 5.91 Å². The third-order valence-corrected chi connectivity index (χ3v) is 5.13. The number of piperidine rings is 1. The van der Waals surface area contributed by atoms with Gasteiger partial charge >= 0.3 is 0 Å². The van der Waals surface area contributed by atoms with Gasteiger partial charge in [-0.25, -0.2) is 0 Å². The molecule has 2 fully saturated rings.